The predicted octanol–water partition coefficient (Wildman–Crippen LogP) is 4.36. The summed E-state index contributed by atoms with van der Waals surface area (Å²) in [4.78, 5) is 12.6. The normalized spacial score (nSPS) is 11.5. The van der Waals surface area contributed by atoms with Crippen LogP contribution in [0, 0.1) is 13.8 Å². The molecule has 0 bridgehead atoms. The van der Waals surface area contributed by atoms with Crippen LogP contribution < -0.4 is 10.1 Å². The summed E-state index contributed by atoms with van der Waals surface area (Å²) in [5.41, 5.74) is 0.835. The van der Waals surface area contributed by atoms with Gasteiger partial charge in [-0.05, 0) is 39.0 Å². The highest BCUT2D eigenvalue weighted by Gasteiger charge is 2.30. The van der Waals surface area contributed by atoms with Crippen molar-refractivity contribution < 1.29 is 27.2 Å². The lowest BCUT2D eigenvalue weighted by molar-refractivity contribution is -0.137. The second kappa shape index (κ2) is 7.98. The van der Waals surface area contributed by atoms with Crippen LogP contribution in [0.15, 0.2) is 35.0 Å². The van der Waals surface area contributed by atoms with Gasteiger partial charge in [-0.1, -0.05) is 11.2 Å². The van der Waals surface area contributed by atoms with Crippen molar-refractivity contribution in [3.8, 4) is 5.75 Å². The zero-order chi connectivity index (χ0) is 21.2. The van der Waals surface area contributed by atoms with E-state index in [4.69, 9.17) is 9.26 Å². The van der Waals surface area contributed by atoms with Crippen molar-refractivity contribution in [1.82, 2.24) is 14.9 Å². The van der Waals surface area contributed by atoms with Gasteiger partial charge in [0.15, 0.2) is 5.69 Å². The van der Waals surface area contributed by atoms with Gasteiger partial charge in [0.25, 0.3) is 5.91 Å². The van der Waals surface area contributed by atoms with Crippen LogP contribution in [0.4, 0.5) is 18.9 Å². The number of ether oxygens (including phenoxy) is 1. The summed E-state index contributed by atoms with van der Waals surface area (Å²) in [6.45, 7) is 5.82. The number of aryl methyl sites for hydroxylation is 2. The number of rotatable bonds is 6. The third-order valence-corrected chi connectivity index (χ3v) is 4.40. The fourth-order valence-electron chi connectivity index (χ4n) is 2.73. The highest BCUT2D eigenvalue weighted by molar-refractivity contribution is 6.04. The molecule has 154 valence electrons. The van der Waals surface area contributed by atoms with Gasteiger partial charge in [-0.3, -0.25) is 9.48 Å². The number of aromatic nitrogens is 3. The summed E-state index contributed by atoms with van der Waals surface area (Å²) in [5.74, 6) is -0.168. The molecule has 1 N–H and O–H groups in total. The molecule has 3 rings (SSSR count). The number of anilines is 1. The van der Waals surface area contributed by atoms with Gasteiger partial charge in [0, 0.05) is 6.54 Å². The SMILES string of the molecule is CCn1ncc(NC(=O)c2noc(C)c2COc2cccc(C(F)(F)F)c2)c1C. The van der Waals surface area contributed by atoms with Crippen molar-refractivity contribution in [1.29, 1.82) is 0 Å². The molecule has 2 heterocycles. The van der Waals surface area contributed by atoms with Gasteiger partial charge in [0.1, 0.15) is 18.1 Å². The Bertz CT molecular complexity index is 1020. The lowest BCUT2D eigenvalue weighted by Crippen LogP contribution is -2.16. The Morgan fingerprint density at radius 2 is 2.07 bits per heavy atom. The van der Waals surface area contributed by atoms with Crippen LogP contribution in [0.5, 0.6) is 5.75 Å². The van der Waals surface area contributed by atoms with Crippen molar-refractivity contribution in [2.75, 3.05) is 5.32 Å². The van der Waals surface area contributed by atoms with E-state index in [1.54, 1.807) is 11.6 Å². The molecule has 0 atom stereocenters. The fourth-order valence-corrected chi connectivity index (χ4v) is 2.73. The van der Waals surface area contributed by atoms with Crippen LogP contribution in [0.25, 0.3) is 0 Å². The fraction of sp³-hybridized carbons (Fsp3) is 0.316. The number of nitrogens with one attached hydrogen (secondary N) is 1. The quantitative estimate of drug-likeness (QED) is 0.655. The van der Waals surface area contributed by atoms with E-state index in [1.165, 1.54) is 18.3 Å². The Kier molecular flexibility index (Phi) is 5.62. The van der Waals surface area contributed by atoms with Crippen LogP contribution in [0.3, 0.4) is 0 Å². The maximum absolute atomic E-state index is 12.8. The number of alkyl halides is 3. The average Bonchev–Trinajstić information content (AvgIpc) is 3.22. The lowest BCUT2D eigenvalue weighted by atomic mass is 10.2. The van der Waals surface area contributed by atoms with Crippen molar-refractivity contribution in [2.45, 2.75) is 40.1 Å². The summed E-state index contributed by atoms with van der Waals surface area (Å²) in [5, 5.41) is 10.6. The van der Waals surface area contributed by atoms with E-state index in [0.717, 1.165) is 17.8 Å². The number of amides is 1. The maximum atomic E-state index is 12.8. The molecule has 0 fully saturated rings. The Labute approximate surface area is 164 Å². The van der Waals surface area contributed by atoms with Crippen LogP contribution >= 0.6 is 0 Å². The topological polar surface area (TPSA) is 82.2 Å². The first-order valence-corrected chi connectivity index (χ1v) is 8.79. The lowest BCUT2D eigenvalue weighted by Gasteiger charge is -2.10. The van der Waals surface area contributed by atoms with E-state index < -0.39 is 17.6 Å². The van der Waals surface area contributed by atoms with Gasteiger partial charge in [0.2, 0.25) is 0 Å². The zero-order valence-corrected chi connectivity index (χ0v) is 16.0. The number of hydrogen-bond acceptors (Lipinski definition) is 5. The number of benzene rings is 1. The van der Waals surface area contributed by atoms with Crippen molar-refractivity contribution in [3.05, 3.63) is 58.7 Å². The molecule has 1 aromatic carbocycles. The monoisotopic (exact) mass is 408 g/mol. The average molecular weight is 408 g/mol. The van der Waals surface area contributed by atoms with E-state index in [9.17, 15) is 18.0 Å². The van der Waals surface area contributed by atoms with Crippen LogP contribution in [0.2, 0.25) is 0 Å². The minimum absolute atomic E-state index is 0.00174. The van der Waals surface area contributed by atoms with Gasteiger partial charge in [0.05, 0.1) is 28.7 Å². The van der Waals surface area contributed by atoms with Gasteiger partial charge in [-0.15, -0.1) is 0 Å². The van der Waals surface area contributed by atoms with Crippen molar-refractivity contribution in [2.24, 2.45) is 0 Å². The number of halogens is 3. The molecule has 0 unspecified atom stereocenters. The molecule has 0 spiro atoms. The second-order valence-corrected chi connectivity index (χ2v) is 6.29. The van der Waals surface area contributed by atoms with Gasteiger partial charge < -0.3 is 14.6 Å². The van der Waals surface area contributed by atoms with Crippen molar-refractivity contribution in [3.63, 3.8) is 0 Å². The number of carbonyl (C=O) groups excluding carboxylic acids is 1. The molecule has 0 aliphatic carbocycles. The Morgan fingerprint density at radius 1 is 1.31 bits per heavy atom. The second-order valence-electron chi connectivity index (χ2n) is 6.29. The first kappa shape index (κ1) is 20.4. The van der Waals surface area contributed by atoms with E-state index in [0.29, 0.717) is 23.6 Å². The molecule has 10 heteroatoms. The van der Waals surface area contributed by atoms with Crippen LogP contribution in [-0.4, -0.2) is 20.8 Å². The summed E-state index contributed by atoms with van der Waals surface area (Å²) in [6.07, 6.45) is -2.94. The summed E-state index contributed by atoms with van der Waals surface area (Å²) >= 11 is 0. The van der Waals surface area contributed by atoms with Crippen LogP contribution in [0.1, 0.15) is 40.0 Å². The standard InChI is InChI=1S/C19H19F3N4O3/c1-4-26-11(2)16(9-23-26)24-18(27)17-15(12(3)29-25-17)10-28-14-7-5-6-13(8-14)19(20,21)22/h5-9H,4,10H2,1-3H3,(H,24,27). The Morgan fingerprint density at radius 3 is 2.72 bits per heavy atom. The molecule has 29 heavy (non-hydrogen) atoms. The Balaban J connectivity index is 1.76. The molecule has 3 aromatic rings. The van der Waals surface area contributed by atoms with E-state index >= 15 is 0 Å². The van der Waals surface area contributed by atoms with Crippen molar-refractivity contribution >= 4 is 11.6 Å². The summed E-state index contributed by atoms with van der Waals surface area (Å²) < 4.78 is 50.8. The first-order valence-electron chi connectivity index (χ1n) is 8.79. The smallest absolute Gasteiger partial charge is 0.416 e. The molecule has 2 aromatic heterocycles. The zero-order valence-electron chi connectivity index (χ0n) is 16.0. The minimum Gasteiger partial charge on any atom is -0.489 e. The molecule has 7 nitrogen and oxygen atoms in total. The number of carbonyl (C=O) groups is 1. The molecule has 0 saturated carbocycles. The highest BCUT2D eigenvalue weighted by Crippen LogP contribution is 2.31. The van der Waals surface area contributed by atoms with E-state index in [1.807, 2.05) is 13.8 Å². The largest absolute Gasteiger partial charge is 0.489 e. The molecular weight excluding hydrogens is 389 g/mol. The molecular formula is C19H19F3N4O3. The Hall–Kier alpha value is -3.30. The number of hydrogen-bond donors (Lipinski definition) is 1. The third kappa shape index (κ3) is 4.41. The number of nitrogens with zero attached hydrogens (tertiary/aromatic N) is 3. The summed E-state index contributed by atoms with van der Waals surface area (Å²) in [7, 11) is 0. The van der Waals surface area contributed by atoms with E-state index in [2.05, 4.69) is 15.6 Å². The maximum Gasteiger partial charge on any atom is 0.416 e. The molecule has 0 aliphatic heterocycles. The highest BCUT2D eigenvalue weighted by atomic mass is 19.4. The van der Waals surface area contributed by atoms with E-state index in [-0.39, 0.29) is 18.1 Å². The minimum atomic E-state index is -4.47. The third-order valence-electron chi connectivity index (χ3n) is 4.40. The van der Waals surface area contributed by atoms with Gasteiger partial charge in [-0.2, -0.15) is 18.3 Å². The molecule has 0 saturated heterocycles. The molecule has 0 aliphatic rings. The first-order chi connectivity index (χ1) is 13.7. The van der Waals surface area contributed by atoms with Gasteiger partial charge in [-0.25, -0.2) is 0 Å². The molecule has 0 radical (unpaired) electrons. The van der Waals surface area contributed by atoms with Gasteiger partial charge >= 0.3 is 6.18 Å². The van der Waals surface area contributed by atoms with Crippen LogP contribution in [-0.2, 0) is 19.3 Å². The summed E-state index contributed by atoms with van der Waals surface area (Å²) in [6, 6.07) is 4.50. The predicted molar refractivity (Wildman–Crippen MR) is 97.6 cm³/mol. The molecule has 1 amide bonds.